The minimum Gasteiger partial charge on any atom is -0.338 e. The maximum Gasteiger partial charge on any atom is 0.264 e. The largest absolute Gasteiger partial charge is 0.338 e. The number of piperazine rings is 1. The lowest BCUT2D eigenvalue weighted by Crippen LogP contribution is -2.48. The molecule has 1 aliphatic heterocycles. The van der Waals surface area contributed by atoms with E-state index in [1.54, 1.807) is 24.3 Å². The molecule has 1 aliphatic rings. The van der Waals surface area contributed by atoms with E-state index in [0.717, 1.165) is 18.7 Å². The summed E-state index contributed by atoms with van der Waals surface area (Å²) in [5.41, 5.74) is 0.861. The first-order chi connectivity index (χ1) is 13.1. The van der Waals surface area contributed by atoms with E-state index >= 15 is 0 Å². The Balaban J connectivity index is 1.33. The van der Waals surface area contributed by atoms with Gasteiger partial charge in [-0.05, 0) is 36.4 Å². The molecule has 0 bridgehead atoms. The number of thiophene rings is 1. The van der Waals surface area contributed by atoms with Crippen molar-refractivity contribution in [1.29, 1.82) is 0 Å². The third-order valence-electron chi connectivity index (χ3n) is 4.37. The number of benzene rings is 1. The van der Waals surface area contributed by atoms with Crippen LogP contribution in [0.25, 0.3) is 11.4 Å². The van der Waals surface area contributed by atoms with E-state index in [-0.39, 0.29) is 5.91 Å². The van der Waals surface area contributed by atoms with Gasteiger partial charge in [-0.1, -0.05) is 28.4 Å². The number of carbonyl (C=O) groups is 1. The highest BCUT2D eigenvalue weighted by atomic mass is 35.5. The number of carbonyl (C=O) groups excluding carboxylic acids is 1. The summed E-state index contributed by atoms with van der Waals surface area (Å²) in [6.07, 6.45) is 0. The van der Waals surface area contributed by atoms with Crippen LogP contribution in [0.1, 0.15) is 15.6 Å². The highest BCUT2D eigenvalue weighted by Gasteiger charge is 2.24. The summed E-state index contributed by atoms with van der Waals surface area (Å²) < 4.78 is 6.00. The van der Waals surface area contributed by atoms with E-state index in [9.17, 15) is 4.79 Å². The molecule has 1 fully saturated rings. The van der Waals surface area contributed by atoms with Gasteiger partial charge in [-0.2, -0.15) is 4.98 Å². The number of halogens is 2. The van der Waals surface area contributed by atoms with Crippen molar-refractivity contribution in [3.05, 3.63) is 56.5 Å². The molecule has 0 radical (unpaired) electrons. The number of hydrogen-bond donors (Lipinski definition) is 0. The second-order valence-corrected chi connectivity index (χ2v) is 8.34. The van der Waals surface area contributed by atoms with Crippen LogP contribution in [0.15, 0.2) is 40.9 Å². The van der Waals surface area contributed by atoms with E-state index in [4.69, 9.17) is 27.7 Å². The summed E-state index contributed by atoms with van der Waals surface area (Å²) >= 11 is 13.1. The van der Waals surface area contributed by atoms with E-state index in [1.807, 2.05) is 17.0 Å². The second-order valence-electron chi connectivity index (χ2n) is 6.19. The minimum absolute atomic E-state index is 0.0364. The van der Waals surface area contributed by atoms with Gasteiger partial charge in [-0.15, -0.1) is 11.3 Å². The SMILES string of the molecule is O=C(c1ccc(Cl)s1)N1CCN(Cc2nc(-c3ccc(Cl)cc3)no2)CC1. The van der Waals surface area contributed by atoms with Crippen LogP contribution in [-0.4, -0.2) is 52.0 Å². The lowest BCUT2D eigenvalue weighted by atomic mass is 10.2. The van der Waals surface area contributed by atoms with E-state index in [2.05, 4.69) is 15.0 Å². The summed E-state index contributed by atoms with van der Waals surface area (Å²) in [6.45, 7) is 3.39. The molecule has 0 atom stereocenters. The van der Waals surface area contributed by atoms with Crippen molar-refractivity contribution >= 4 is 40.4 Å². The molecule has 0 aliphatic carbocycles. The zero-order valence-electron chi connectivity index (χ0n) is 14.3. The van der Waals surface area contributed by atoms with Crippen molar-refractivity contribution in [2.75, 3.05) is 26.2 Å². The van der Waals surface area contributed by atoms with Crippen LogP contribution in [0.5, 0.6) is 0 Å². The number of rotatable bonds is 4. The standard InChI is InChI=1S/C18H16Cl2N4O2S/c19-13-3-1-12(2-4-13)17-21-16(26-22-17)11-23-7-9-24(10-8-23)18(25)14-5-6-15(20)27-14/h1-6H,7-11H2. The smallest absolute Gasteiger partial charge is 0.264 e. The fourth-order valence-corrected chi connectivity index (χ4v) is 4.06. The van der Waals surface area contributed by atoms with Gasteiger partial charge in [0.05, 0.1) is 15.8 Å². The summed E-state index contributed by atoms with van der Waals surface area (Å²) in [5.74, 6) is 1.14. The Bertz CT molecular complexity index is 933. The maximum absolute atomic E-state index is 12.5. The van der Waals surface area contributed by atoms with Gasteiger partial charge >= 0.3 is 0 Å². The predicted octanol–water partition coefficient (Wildman–Crippen LogP) is 4.06. The first-order valence-corrected chi connectivity index (χ1v) is 10.0. The van der Waals surface area contributed by atoms with Crippen molar-refractivity contribution in [3.63, 3.8) is 0 Å². The molecule has 6 nitrogen and oxygen atoms in total. The van der Waals surface area contributed by atoms with Crippen LogP contribution >= 0.6 is 34.5 Å². The van der Waals surface area contributed by atoms with Gasteiger partial charge in [-0.25, -0.2) is 0 Å². The summed E-state index contributed by atoms with van der Waals surface area (Å²) in [5, 5.41) is 4.70. The highest BCUT2D eigenvalue weighted by Crippen LogP contribution is 2.23. The molecule has 3 aromatic rings. The third-order valence-corrected chi connectivity index (χ3v) is 5.84. The van der Waals surface area contributed by atoms with Gasteiger partial charge < -0.3 is 9.42 Å². The van der Waals surface area contributed by atoms with E-state index < -0.39 is 0 Å². The van der Waals surface area contributed by atoms with Crippen LogP contribution in [0.3, 0.4) is 0 Å². The third kappa shape index (κ3) is 4.32. The van der Waals surface area contributed by atoms with E-state index in [0.29, 0.717) is 45.6 Å². The van der Waals surface area contributed by atoms with Crippen LogP contribution in [0, 0.1) is 0 Å². The minimum atomic E-state index is 0.0364. The maximum atomic E-state index is 12.5. The zero-order valence-corrected chi connectivity index (χ0v) is 16.6. The van der Waals surface area contributed by atoms with Crippen LogP contribution < -0.4 is 0 Å². The second kappa shape index (κ2) is 7.98. The van der Waals surface area contributed by atoms with Gasteiger partial charge in [-0.3, -0.25) is 9.69 Å². The van der Waals surface area contributed by atoms with Gasteiger partial charge in [0, 0.05) is 36.8 Å². The first-order valence-electron chi connectivity index (χ1n) is 8.44. The number of nitrogens with zero attached hydrogens (tertiary/aromatic N) is 4. The molecule has 1 aromatic carbocycles. The molecule has 0 saturated carbocycles. The van der Waals surface area contributed by atoms with Gasteiger partial charge in [0.15, 0.2) is 0 Å². The molecule has 3 heterocycles. The molecule has 2 aromatic heterocycles. The average Bonchev–Trinajstić information content (AvgIpc) is 3.32. The number of aromatic nitrogens is 2. The quantitative estimate of drug-likeness (QED) is 0.633. The normalized spacial score (nSPS) is 15.3. The molecule has 0 unspecified atom stereocenters. The Labute approximate surface area is 170 Å². The molecule has 0 N–H and O–H groups in total. The van der Waals surface area contributed by atoms with Crippen molar-refractivity contribution in [3.8, 4) is 11.4 Å². The molecular formula is C18H16Cl2N4O2S. The molecule has 4 rings (SSSR count). The topological polar surface area (TPSA) is 62.5 Å². The van der Waals surface area contributed by atoms with Crippen LogP contribution in [-0.2, 0) is 6.54 Å². The van der Waals surface area contributed by atoms with Gasteiger partial charge in [0.1, 0.15) is 0 Å². The fraction of sp³-hybridized carbons (Fsp3) is 0.278. The molecule has 27 heavy (non-hydrogen) atoms. The summed E-state index contributed by atoms with van der Waals surface area (Å²) in [7, 11) is 0. The fourth-order valence-electron chi connectivity index (χ4n) is 2.92. The van der Waals surface area contributed by atoms with Gasteiger partial charge in [0.25, 0.3) is 5.91 Å². The molecular weight excluding hydrogens is 407 g/mol. The molecule has 1 saturated heterocycles. The zero-order chi connectivity index (χ0) is 18.8. The molecule has 9 heteroatoms. The lowest BCUT2D eigenvalue weighted by molar-refractivity contribution is 0.0620. The van der Waals surface area contributed by atoms with Crippen molar-refractivity contribution in [2.45, 2.75) is 6.54 Å². The Kier molecular flexibility index (Phi) is 5.45. The Morgan fingerprint density at radius 1 is 1.07 bits per heavy atom. The Morgan fingerprint density at radius 3 is 2.48 bits per heavy atom. The lowest BCUT2D eigenvalue weighted by Gasteiger charge is -2.33. The number of hydrogen-bond acceptors (Lipinski definition) is 6. The predicted molar refractivity (Wildman–Crippen MR) is 105 cm³/mol. The molecule has 140 valence electrons. The Morgan fingerprint density at radius 2 is 1.81 bits per heavy atom. The summed E-state index contributed by atoms with van der Waals surface area (Å²) in [4.78, 5) is 21.7. The molecule has 1 amide bonds. The first kappa shape index (κ1) is 18.4. The van der Waals surface area contributed by atoms with Gasteiger partial charge in [0.2, 0.25) is 11.7 Å². The highest BCUT2D eigenvalue weighted by molar-refractivity contribution is 7.17. The Hall–Kier alpha value is -1.93. The van der Waals surface area contributed by atoms with Crippen LogP contribution in [0.4, 0.5) is 0 Å². The van der Waals surface area contributed by atoms with E-state index in [1.165, 1.54) is 11.3 Å². The summed E-state index contributed by atoms with van der Waals surface area (Å²) in [6, 6.07) is 10.8. The van der Waals surface area contributed by atoms with Crippen LogP contribution in [0.2, 0.25) is 9.36 Å². The molecule has 0 spiro atoms. The van der Waals surface area contributed by atoms with Crippen molar-refractivity contribution in [2.24, 2.45) is 0 Å². The monoisotopic (exact) mass is 422 g/mol. The number of amides is 1. The average molecular weight is 423 g/mol. The van der Waals surface area contributed by atoms with Crippen molar-refractivity contribution in [1.82, 2.24) is 19.9 Å². The van der Waals surface area contributed by atoms with Crippen molar-refractivity contribution < 1.29 is 9.32 Å².